The van der Waals surface area contributed by atoms with Crippen molar-refractivity contribution in [3.8, 4) is 6.07 Å². The predicted octanol–water partition coefficient (Wildman–Crippen LogP) is 0.597. The van der Waals surface area contributed by atoms with Crippen LogP contribution in [0.5, 0.6) is 0 Å². The van der Waals surface area contributed by atoms with Gasteiger partial charge < -0.3 is 11.6 Å². The van der Waals surface area contributed by atoms with Gasteiger partial charge in [0.25, 0.3) is 0 Å². The van der Waals surface area contributed by atoms with Gasteiger partial charge in [-0.25, -0.2) is 4.68 Å². The SMILES string of the molecule is N#Cc1ccc(Sc2nncn2N)c(N)c1. The maximum Gasteiger partial charge on any atom is 0.214 e. The smallest absolute Gasteiger partial charge is 0.214 e. The Bertz CT molecular complexity index is 555. The molecule has 0 spiro atoms. The molecule has 80 valence electrons. The van der Waals surface area contributed by atoms with Crippen molar-refractivity contribution in [3.05, 3.63) is 30.1 Å². The monoisotopic (exact) mass is 232 g/mol. The molecule has 6 nitrogen and oxygen atoms in total. The first kappa shape index (κ1) is 10.3. The van der Waals surface area contributed by atoms with E-state index in [0.29, 0.717) is 16.4 Å². The van der Waals surface area contributed by atoms with Crippen LogP contribution >= 0.6 is 11.8 Å². The van der Waals surface area contributed by atoms with Gasteiger partial charge in [-0.05, 0) is 30.0 Å². The van der Waals surface area contributed by atoms with E-state index < -0.39 is 0 Å². The van der Waals surface area contributed by atoms with Crippen molar-refractivity contribution in [2.24, 2.45) is 0 Å². The molecule has 0 amide bonds. The van der Waals surface area contributed by atoms with Crippen LogP contribution in [0.2, 0.25) is 0 Å². The van der Waals surface area contributed by atoms with Gasteiger partial charge in [0.1, 0.15) is 6.33 Å². The molecule has 1 heterocycles. The van der Waals surface area contributed by atoms with E-state index in [9.17, 15) is 0 Å². The van der Waals surface area contributed by atoms with Gasteiger partial charge in [-0.15, -0.1) is 10.2 Å². The number of aromatic nitrogens is 3. The molecule has 4 N–H and O–H groups in total. The number of anilines is 1. The molecule has 0 radical (unpaired) electrons. The normalized spacial score (nSPS) is 9.94. The fourth-order valence-electron chi connectivity index (χ4n) is 1.11. The summed E-state index contributed by atoms with van der Waals surface area (Å²) in [5.74, 6) is 5.57. The van der Waals surface area contributed by atoms with Crippen molar-refractivity contribution in [1.82, 2.24) is 14.9 Å². The summed E-state index contributed by atoms with van der Waals surface area (Å²) in [4.78, 5) is 0.790. The first-order valence-electron chi connectivity index (χ1n) is 4.33. The van der Waals surface area contributed by atoms with E-state index in [1.807, 2.05) is 6.07 Å². The summed E-state index contributed by atoms with van der Waals surface area (Å²) in [7, 11) is 0. The first-order valence-corrected chi connectivity index (χ1v) is 5.15. The highest BCUT2D eigenvalue weighted by atomic mass is 32.2. The standard InChI is InChI=1S/C9H8N6S/c10-4-6-1-2-8(7(11)3-6)16-9-14-13-5-15(9)12/h1-3,5H,11-12H2. The minimum atomic E-state index is 0.520. The van der Waals surface area contributed by atoms with Gasteiger partial charge in [0.15, 0.2) is 0 Å². The lowest BCUT2D eigenvalue weighted by Gasteiger charge is -2.04. The summed E-state index contributed by atoms with van der Waals surface area (Å²) in [6, 6.07) is 7.08. The molecular weight excluding hydrogens is 224 g/mol. The quantitative estimate of drug-likeness (QED) is 0.580. The van der Waals surface area contributed by atoms with E-state index in [1.54, 1.807) is 18.2 Å². The minimum absolute atomic E-state index is 0.520. The summed E-state index contributed by atoms with van der Waals surface area (Å²) in [6.45, 7) is 0. The van der Waals surface area contributed by atoms with Gasteiger partial charge in [0, 0.05) is 10.6 Å². The third-order valence-electron chi connectivity index (χ3n) is 1.88. The van der Waals surface area contributed by atoms with Gasteiger partial charge in [-0.1, -0.05) is 0 Å². The number of benzene rings is 1. The zero-order valence-electron chi connectivity index (χ0n) is 8.16. The summed E-state index contributed by atoms with van der Waals surface area (Å²) in [6.07, 6.45) is 1.40. The zero-order chi connectivity index (χ0) is 11.5. The van der Waals surface area contributed by atoms with Crippen molar-refractivity contribution in [2.75, 3.05) is 11.6 Å². The third kappa shape index (κ3) is 1.92. The maximum absolute atomic E-state index is 8.69. The number of nitrogens with two attached hydrogens (primary N) is 2. The average Bonchev–Trinajstić information content (AvgIpc) is 2.67. The van der Waals surface area contributed by atoms with Crippen LogP contribution in [-0.4, -0.2) is 14.9 Å². The van der Waals surface area contributed by atoms with Crippen LogP contribution in [0.3, 0.4) is 0 Å². The molecule has 0 bridgehead atoms. The second-order valence-corrected chi connectivity index (χ2v) is 4.00. The van der Waals surface area contributed by atoms with Gasteiger partial charge in [-0.2, -0.15) is 5.26 Å². The largest absolute Gasteiger partial charge is 0.398 e. The molecule has 16 heavy (non-hydrogen) atoms. The lowest BCUT2D eigenvalue weighted by Crippen LogP contribution is -2.07. The Hall–Kier alpha value is -2.20. The van der Waals surface area contributed by atoms with Crippen molar-refractivity contribution in [2.45, 2.75) is 10.1 Å². The summed E-state index contributed by atoms with van der Waals surface area (Å²) < 4.78 is 1.31. The summed E-state index contributed by atoms with van der Waals surface area (Å²) >= 11 is 1.30. The highest BCUT2D eigenvalue weighted by molar-refractivity contribution is 7.99. The average molecular weight is 232 g/mol. The Balaban J connectivity index is 2.30. The fourth-order valence-corrected chi connectivity index (χ4v) is 1.86. The maximum atomic E-state index is 8.69. The molecule has 7 heteroatoms. The second-order valence-electron chi connectivity index (χ2n) is 2.99. The molecular formula is C9H8N6S. The second kappa shape index (κ2) is 4.12. The Morgan fingerprint density at radius 2 is 2.25 bits per heavy atom. The third-order valence-corrected chi connectivity index (χ3v) is 2.95. The van der Waals surface area contributed by atoms with Crippen molar-refractivity contribution < 1.29 is 0 Å². The lowest BCUT2D eigenvalue weighted by atomic mass is 10.2. The molecule has 0 aliphatic heterocycles. The number of hydrogen-bond donors (Lipinski definition) is 2. The molecule has 0 saturated heterocycles. The first-order chi connectivity index (χ1) is 7.70. The molecule has 1 aromatic carbocycles. The number of rotatable bonds is 2. The van der Waals surface area contributed by atoms with E-state index in [-0.39, 0.29) is 0 Å². The molecule has 0 aliphatic carbocycles. The number of nitrogens with zero attached hydrogens (tertiary/aromatic N) is 4. The Morgan fingerprint density at radius 1 is 1.44 bits per heavy atom. The number of nitriles is 1. The minimum Gasteiger partial charge on any atom is -0.398 e. The van der Waals surface area contributed by atoms with Gasteiger partial charge in [0.05, 0.1) is 11.6 Å². The topological polar surface area (TPSA) is 107 Å². The van der Waals surface area contributed by atoms with E-state index in [1.165, 1.54) is 22.8 Å². The van der Waals surface area contributed by atoms with E-state index in [0.717, 1.165) is 4.90 Å². The van der Waals surface area contributed by atoms with Crippen molar-refractivity contribution >= 4 is 17.4 Å². The van der Waals surface area contributed by atoms with Gasteiger partial charge >= 0.3 is 0 Å². The summed E-state index contributed by atoms with van der Waals surface area (Å²) in [5, 5.41) is 16.7. The molecule has 0 atom stereocenters. The molecule has 0 aliphatic rings. The Kier molecular flexibility index (Phi) is 2.66. The van der Waals surface area contributed by atoms with Crippen LogP contribution in [-0.2, 0) is 0 Å². The molecule has 0 saturated carbocycles. The summed E-state index contributed by atoms with van der Waals surface area (Å²) in [5.41, 5.74) is 6.84. The lowest BCUT2D eigenvalue weighted by molar-refractivity contribution is 0.846. The van der Waals surface area contributed by atoms with E-state index >= 15 is 0 Å². The molecule has 2 rings (SSSR count). The van der Waals surface area contributed by atoms with E-state index in [4.69, 9.17) is 16.8 Å². The van der Waals surface area contributed by atoms with Crippen LogP contribution in [0.4, 0.5) is 5.69 Å². The molecule has 1 aromatic heterocycles. The van der Waals surface area contributed by atoms with Crippen LogP contribution in [0.25, 0.3) is 0 Å². The van der Waals surface area contributed by atoms with E-state index in [2.05, 4.69) is 10.2 Å². The Labute approximate surface area is 95.8 Å². The number of nitrogen functional groups attached to an aromatic ring is 2. The predicted molar refractivity (Wildman–Crippen MR) is 59.9 cm³/mol. The van der Waals surface area contributed by atoms with Crippen LogP contribution < -0.4 is 11.6 Å². The molecule has 0 unspecified atom stereocenters. The van der Waals surface area contributed by atoms with Crippen LogP contribution in [0.1, 0.15) is 5.56 Å². The van der Waals surface area contributed by atoms with Crippen molar-refractivity contribution in [1.29, 1.82) is 5.26 Å². The van der Waals surface area contributed by atoms with Crippen molar-refractivity contribution in [3.63, 3.8) is 0 Å². The molecule has 0 fully saturated rings. The van der Waals surface area contributed by atoms with Crippen LogP contribution in [0.15, 0.2) is 34.6 Å². The number of hydrogen-bond acceptors (Lipinski definition) is 6. The van der Waals surface area contributed by atoms with Crippen LogP contribution in [0, 0.1) is 11.3 Å². The Morgan fingerprint density at radius 3 is 2.81 bits per heavy atom. The van der Waals surface area contributed by atoms with Gasteiger partial charge in [0.2, 0.25) is 5.16 Å². The molecule has 2 aromatic rings. The fraction of sp³-hybridized carbons (Fsp3) is 0. The zero-order valence-corrected chi connectivity index (χ0v) is 8.98. The highest BCUT2D eigenvalue weighted by Gasteiger charge is 2.07. The van der Waals surface area contributed by atoms with Gasteiger partial charge in [-0.3, -0.25) is 0 Å². The highest BCUT2D eigenvalue weighted by Crippen LogP contribution is 2.30.